The number of aliphatic carboxylic acids is 1. The number of carboxylic acid groups (broad SMARTS) is 1. The quantitative estimate of drug-likeness (QED) is 0.511. The summed E-state index contributed by atoms with van der Waals surface area (Å²) in [5.41, 5.74) is 0. The Balaban J connectivity index is 4.26. The van der Waals surface area contributed by atoms with Crippen molar-refractivity contribution in [2.75, 3.05) is 7.05 Å². The van der Waals surface area contributed by atoms with Gasteiger partial charge < -0.3 is 15.7 Å². The normalized spacial score (nSPS) is 11.5. The summed E-state index contributed by atoms with van der Waals surface area (Å²) in [6.07, 6.45) is -0.417. The zero-order valence-corrected chi connectivity index (χ0v) is 7.46. The molecule has 74 valence electrons. The van der Waals surface area contributed by atoms with Crippen LogP contribution in [0.5, 0.6) is 0 Å². The second-order valence-electron chi connectivity index (χ2n) is 2.47. The molecule has 0 unspecified atom stereocenters. The van der Waals surface area contributed by atoms with E-state index in [2.05, 4.69) is 10.6 Å². The molecule has 2 amide bonds. The summed E-state index contributed by atoms with van der Waals surface area (Å²) in [6.45, 7) is 1.22. The molecule has 13 heavy (non-hydrogen) atoms. The fourth-order valence-corrected chi connectivity index (χ4v) is 0.803. The molecule has 6 heteroatoms. The summed E-state index contributed by atoms with van der Waals surface area (Å²) < 4.78 is 0. The summed E-state index contributed by atoms with van der Waals surface area (Å²) in [7, 11) is 1.37. The first-order valence-electron chi connectivity index (χ1n) is 3.68. The van der Waals surface area contributed by atoms with Crippen LogP contribution in [0.15, 0.2) is 0 Å². The molecule has 1 atom stereocenters. The predicted molar refractivity (Wildman–Crippen MR) is 43.9 cm³/mol. The maximum absolute atomic E-state index is 11.0. The molecule has 0 aliphatic carbocycles. The van der Waals surface area contributed by atoms with Crippen molar-refractivity contribution in [1.29, 1.82) is 0 Å². The van der Waals surface area contributed by atoms with Crippen LogP contribution in [0, 0.1) is 0 Å². The number of nitrogens with one attached hydrogen (secondary N) is 2. The van der Waals surface area contributed by atoms with Gasteiger partial charge in [-0.1, -0.05) is 0 Å². The molecule has 0 saturated heterocycles. The Morgan fingerprint density at radius 2 is 1.92 bits per heavy atom. The molecule has 0 bridgehead atoms. The Labute approximate surface area is 75.3 Å². The third-order valence-electron chi connectivity index (χ3n) is 1.32. The number of rotatable bonds is 4. The topological polar surface area (TPSA) is 95.5 Å². The molecule has 0 aliphatic heterocycles. The van der Waals surface area contributed by atoms with Crippen LogP contribution in [0.2, 0.25) is 0 Å². The van der Waals surface area contributed by atoms with E-state index in [1.807, 2.05) is 0 Å². The van der Waals surface area contributed by atoms with E-state index in [4.69, 9.17) is 5.11 Å². The lowest BCUT2D eigenvalue weighted by Crippen LogP contribution is -2.46. The van der Waals surface area contributed by atoms with Gasteiger partial charge in [-0.3, -0.25) is 14.4 Å². The first-order chi connectivity index (χ1) is 5.97. The Morgan fingerprint density at radius 1 is 1.38 bits per heavy atom. The number of likely N-dealkylation sites (N-methyl/N-ethyl adjacent to an activating group) is 1. The van der Waals surface area contributed by atoms with Crippen molar-refractivity contribution in [3.8, 4) is 0 Å². The molecule has 6 nitrogen and oxygen atoms in total. The van der Waals surface area contributed by atoms with Crippen molar-refractivity contribution in [1.82, 2.24) is 10.6 Å². The molecule has 0 rings (SSSR count). The van der Waals surface area contributed by atoms with Crippen LogP contribution in [0.25, 0.3) is 0 Å². The summed E-state index contributed by atoms with van der Waals surface area (Å²) >= 11 is 0. The van der Waals surface area contributed by atoms with Crippen molar-refractivity contribution in [3.05, 3.63) is 0 Å². The second kappa shape index (κ2) is 5.13. The summed E-state index contributed by atoms with van der Waals surface area (Å²) in [5, 5.41) is 12.9. The smallest absolute Gasteiger partial charge is 0.305 e. The number of carbonyl (C=O) groups is 3. The van der Waals surface area contributed by atoms with E-state index in [-0.39, 0.29) is 0 Å². The third-order valence-corrected chi connectivity index (χ3v) is 1.32. The van der Waals surface area contributed by atoms with Crippen LogP contribution in [0.3, 0.4) is 0 Å². The van der Waals surface area contributed by atoms with Crippen molar-refractivity contribution in [2.45, 2.75) is 19.4 Å². The molecule has 3 N–H and O–H groups in total. The lowest BCUT2D eigenvalue weighted by molar-refractivity contribution is -0.140. The summed E-state index contributed by atoms with van der Waals surface area (Å²) in [4.78, 5) is 31.8. The number of hydrogen-bond acceptors (Lipinski definition) is 3. The Kier molecular flexibility index (Phi) is 4.50. The van der Waals surface area contributed by atoms with Gasteiger partial charge in [0, 0.05) is 14.0 Å². The van der Waals surface area contributed by atoms with Crippen molar-refractivity contribution in [2.24, 2.45) is 0 Å². The van der Waals surface area contributed by atoms with E-state index in [1.165, 1.54) is 14.0 Å². The van der Waals surface area contributed by atoms with E-state index in [9.17, 15) is 14.4 Å². The number of carbonyl (C=O) groups excluding carboxylic acids is 2. The van der Waals surface area contributed by atoms with Crippen LogP contribution in [-0.4, -0.2) is 36.0 Å². The van der Waals surface area contributed by atoms with Gasteiger partial charge in [0.2, 0.25) is 11.8 Å². The highest BCUT2D eigenvalue weighted by Crippen LogP contribution is 1.92. The molecular weight excluding hydrogens is 176 g/mol. The van der Waals surface area contributed by atoms with Crippen LogP contribution in [-0.2, 0) is 14.4 Å². The van der Waals surface area contributed by atoms with Gasteiger partial charge >= 0.3 is 5.97 Å². The highest BCUT2D eigenvalue weighted by molar-refractivity contribution is 5.89. The van der Waals surface area contributed by atoms with Gasteiger partial charge in [0.05, 0.1) is 6.42 Å². The number of amides is 2. The van der Waals surface area contributed by atoms with Gasteiger partial charge in [-0.25, -0.2) is 0 Å². The molecule has 0 spiro atoms. The molecule has 0 heterocycles. The molecule has 0 aromatic carbocycles. The SMILES string of the molecule is CNC(=O)[C@H](CC(=O)O)NC(C)=O. The van der Waals surface area contributed by atoms with Crippen molar-refractivity contribution < 1.29 is 19.5 Å². The van der Waals surface area contributed by atoms with Gasteiger partial charge in [0.1, 0.15) is 6.04 Å². The predicted octanol–water partition coefficient (Wildman–Crippen LogP) is -1.29. The molecule has 0 radical (unpaired) electrons. The first-order valence-corrected chi connectivity index (χ1v) is 3.68. The maximum Gasteiger partial charge on any atom is 0.305 e. The number of hydrogen-bond donors (Lipinski definition) is 3. The van der Waals surface area contributed by atoms with Gasteiger partial charge in [-0.05, 0) is 0 Å². The first kappa shape index (κ1) is 11.4. The van der Waals surface area contributed by atoms with E-state index in [0.717, 1.165) is 0 Å². The minimum atomic E-state index is -1.14. The molecule has 0 saturated carbocycles. The summed E-state index contributed by atoms with van der Waals surface area (Å²) in [5.74, 6) is -2.09. The molecule has 0 aromatic rings. The fourth-order valence-electron chi connectivity index (χ4n) is 0.803. The molecular formula is C7H12N2O4. The van der Waals surface area contributed by atoms with Crippen molar-refractivity contribution >= 4 is 17.8 Å². The maximum atomic E-state index is 11.0. The van der Waals surface area contributed by atoms with E-state index in [0.29, 0.717) is 0 Å². The average molecular weight is 188 g/mol. The van der Waals surface area contributed by atoms with Gasteiger partial charge in [-0.15, -0.1) is 0 Å². The highest BCUT2D eigenvalue weighted by Gasteiger charge is 2.20. The van der Waals surface area contributed by atoms with Gasteiger partial charge in [0.15, 0.2) is 0 Å². The molecule has 0 fully saturated rings. The zero-order chi connectivity index (χ0) is 10.4. The minimum Gasteiger partial charge on any atom is -0.481 e. The van der Waals surface area contributed by atoms with Crippen LogP contribution in [0.1, 0.15) is 13.3 Å². The Morgan fingerprint density at radius 3 is 2.23 bits per heavy atom. The Bertz CT molecular complexity index is 211. The van der Waals surface area contributed by atoms with Crippen molar-refractivity contribution in [3.63, 3.8) is 0 Å². The Hall–Kier alpha value is -1.59. The lowest BCUT2D eigenvalue weighted by atomic mass is 10.2. The highest BCUT2D eigenvalue weighted by atomic mass is 16.4. The van der Waals surface area contributed by atoms with Gasteiger partial charge in [0.25, 0.3) is 0 Å². The van der Waals surface area contributed by atoms with E-state index >= 15 is 0 Å². The average Bonchev–Trinajstić information content (AvgIpc) is 2.00. The largest absolute Gasteiger partial charge is 0.481 e. The standard InChI is InChI=1S/C7H12N2O4/c1-4(10)9-5(3-6(11)12)7(13)8-2/h5H,3H2,1-2H3,(H,8,13)(H,9,10)(H,11,12)/t5-/m0/s1. The summed E-state index contributed by atoms with van der Waals surface area (Å²) in [6, 6.07) is -1.00. The zero-order valence-electron chi connectivity index (χ0n) is 7.46. The molecule has 0 aromatic heterocycles. The number of carboxylic acids is 1. The second-order valence-corrected chi connectivity index (χ2v) is 2.47. The third kappa shape index (κ3) is 4.78. The van der Waals surface area contributed by atoms with E-state index < -0.39 is 30.2 Å². The van der Waals surface area contributed by atoms with E-state index in [1.54, 1.807) is 0 Å². The van der Waals surface area contributed by atoms with Crippen LogP contribution < -0.4 is 10.6 Å². The van der Waals surface area contributed by atoms with Gasteiger partial charge in [-0.2, -0.15) is 0 Å². The molecule has 0 aliphatic rings. The monoisotopic (exact) mass is 188 g/mol. The lowest BCUT2D eigenvalue weighted by Gasteiger charge is -2.13. The van der Waals surface area contributed by atoms with Crippen LogP contribution >= 0.6 is 0 Å². The van der Waals surface area contributed by atoms with Crippen LogP contribution in [0.4, 0.5) is 0 Å². The fraction of sp³-hybridized carbons (Fsp3) is 0.571. The minimum absolute atomic E-state index is 0.417.